The summed E-state index contributed by atoms with van der Waals surface area (Å²) in [6.07, 6.45) is 1.11. The molecule has 148 valence electrons. The van der Waals surface area contributed by atoms with Crippen molar-refractivity contribution < 1.29 is 27.5 Å². The Morgan fingerprint density at radius 2 is 1.93 bits per heavy atom. The summed E-state index contributed by atoms with van der Waals surface area (Å²) in [7, 11) is 0. The molecule has 0 bridgehead atoms. The van der Waals surface area contributed by atoms with Crippen LogP contribution in [0.2, 0.25) is 0 Å². The maximum Gasteiger partial charge on any atom is 0.422 e. The van der Waals surface area contributed by atoms with Crippen molar-refractivity contribution in [2.45, 2.75) is 57.5 Å². The zero-order valence-electron chi connectivity index (χ0n) is 15.1. The van der Waals surface area contributed by atoms with E-state index in [1.807, 2.05) is 0 Å². The predicted octanol–water partition coefficient (Wildman–Crippen LogP) is 3.76. The van der Waals surface area contributed by atoms with Crippen LogP contribution in [0.3, 0.4) is 0 Å². The molecule has 1 unspecified atom stereocenters. The van der Waals surface area contributed by atoms with Gasteiger partial charge in [0.2, 0.25) is 5.91 Å². The predicted molar refractivity (Wildman–Crippen MR) is 91.4 cm³/mol. The minimum Gasteiger partial charge on any atom is -0.484 e. The van der Waals surface area contributed by atoms with Gasteiger partial charge in [-0.15, -0.1) is 0 Å². The summed E-state index contributed by atoms with van der Waals surface area (Å²) < 4.78 is 42.5. The molecule has 1 heterocycles. The highest BCUT2D eigenvalue weighted by molar-refractivity contribution is 5.98. The van der Waals surface area contributed by atoms with Gasteiger partial charge >= 0.3 is 6.18 Å². The van der Waals surface area contributed by atoms with E-state index in [0.717, 1.165) is 25.7 Å². The minimum atomic E-state index is -4.47. The third-order valence-corrected chi connectivity index (χ3v) is 5.17. The number of alkyl halides is 3. The lowest BCUT2D eigenvalue weighted by Gasteiger charge is -2.25. The Balaban J connectivity index is 1.78. The number of ether oxygens (including phenoxy) is 1. The molecule has 2 N–H and O–H groups in total. The number of aromatic nitrogens is 1. The van der Waals surface area contributed by atoms with E-state index >= 15 is 0 Å². The number of carbonyl (C=O) groups excluding carboxylic acids is 2. The van der Waals surface area contributed by atoms with Gasteiger partial charge in [-0.25, -0.2) is 0 Å². The summed E-state index contributed by atoms with van der Waals surface area (Å²) in [6, 6.07) is 1.26. The molecule has 1 aromatic heterocycles. The molecule has 2 fully saturated rings. The molecule has 5 nitrogen and oxygen atoms in total. The van der Waals surface area contributed by atoms with Gasteiger partial charge in [-0.1, -0.05) is 19.8 Å². The van der Waals surface area contributed by atoms with Crippen molar-refractivity contribution in [3.05, 3.63) is 23.5 Å². The van der Waals surface area contributed by atoms with Crippen molar-refractivity contribution in [3.8, 4) is 5.75 Å². The summed E-state index contributed by atoms with van der Waals surface area (Å²) >= 11 is 0. The number of amides is 1. The molecule has 1 amide bonds. The first-order chi connectivity index (χ1) is 12.6. The van der Waals surface area contributed by atoms with Crippen LogP contribution in [0.5, 0.6) is 5.75 Å². The van der Waals surface area contributed by atoms with E-state index in [9.17, 15) is 22.8 Å². The molecule has 0 radical (unpaired) electrons. The van der Waals surface area contributed by atoms with Crippen molar-refractivity contribution in [1.29, 1.82) is 0 Å². The first-order valence-corrected chi connectivity index (χ1v) is 9.10. The molecule has 0 saturated heterocycles. The van der Waals surface area contributed by atoms with Crippen molar-refractivity contribution in [2.24, 2.45) is 17.1 Å². The van der Waals surface area contributed by atoms with E-state index in [4.69, 9.17) is 10.5 Å². The number of Topliss-reactive ketones (excluding diaryl/α,β-unsaturated/α-hetero) is 1. The molecule has 2 aliphatic rings. The first kappa shape index (κ1) is 19.6. The van der Waals surface area contributed by atoms with Crippen LogP contribution in [0.15, 0.2) is 12.3 Å². The first-order valence-electron chi connectivity index (χ1n) is 9.10. The van der Waals surface area contributed by atoms with Crippen LogP contribution in [0.4, 0.5) is 13.2 Å². The van der Waals surface area contributed by atoms with E-state index in [-0.39, 0.29) is 23.8 Å². The Bertz CT molecular complexity index is 742. The molecular weight excluding hydrogens is 361 g/mol. The van der Waals surface area contributed by atoms with Gasteiger partial charge in [0.05, 0.1) is 5.41 Å². The Hall–Kier alpha value is -2.12. The second-order valence-corrected chi connectivity index (χ2v) is 7.96. The fourth-order valence-electron chi connectivity index (χ4n) is 3.25. The number of pyridine rings is 1. The fourth-order valence-corrected chi connectivity index (χ4v) is 3.25. The molecule has 1 atom stereocenters. The molecule has 1 aromatic rings. The molecule has 0 aliphatic heterocycles. The standard InChI is InChI=1S/C19H23F3N2O3/c1-18(17(23)26,7-11-2-3-11)8-15(25)14-6-16(27-10-19(20,21)22)13(9-24-14)12-4-5-12/h6,9,11-12H,2-5,7-8,10H2,1H3,(H2,23,26). The largest absolute Gasteiger partial charge is 0.484 e. The van der Waals surface area contributed by atoms with Crippen molar-refractivity contribution >= 4 is 11.7 Å². The number of halogens is 3. The van der Waals surface area contributed by atoms with Crippen molar-refractivity contribution in [1.82, 2.24) is 4.98 Å². The molecule has 2 aliphatic carbocycles. The maximum atomic E-state index is 12.7. The average Bonchev–Trinajstić information content (AvgIpc) is 3.46. The SMILES string of the molecule is CC(CC(=O)c1cc(OCC(F)(F)F)c(C2CC2)cn1)(CC1CC1)C(N)=O. The number of carbonyl (C=O) groups is 2. The molecule has 8 heteroatoms. The number of nitrogens with zero attached hydrogens (tertiary/aromatic N) is 1. The second kappa shape index (κ2) is 7.13. The van der Waals surface area contributed by atoms with Gasteiger partial charge in [-0.2, -0.15) is 13.2 Å². The molecule has 27 heavy (non-hydrogen) atoms. The summed E-state index contributed by atoms with van der Waals surface area (Å²) in [4.78, 5) is 28.7. The summed E-state index contributed by atoms with van der Waals surface area (Å²) in [6.45, 7) is 0.232. The highest BCUT2D eigenvalue weighted by Gasteiger charge is 2.40. The number of hydrogen-bond donors (Lipinski definition) is 1. The quantitative estimate of drug-likeness (QED) is 0.657. The van der Waals surface area contributed by atoms with E-state index in [1.54, 1.807) is 6.92 Å². The van der Waals surface area contributed by atoms with Crippen LogP contribution in [0.1, 0.15) is 67.4 Å². The van der Waals surface area contributed by atoms with Crippen LogP contribution in [0.25, 0.3) is 0 Å². The van der Waals surface area contributed by atoms with Gasteiger partial charge in [0.1, 0.15) is 11.4 Å². The molecule has 2 saturated carbocycles. The van der Waals surface area contributed by atoms with Crippen LogP contribution in [0, 0.1) is 11.3 Å². The van der Waals surface area contributed by atoms with Crippen molar-refractivity contribution in [3.63, 3.8) is 0 Å². The average molecular weight is 384 g/mol. The lowest BCUT2D eigenvalue weighted by atomic mass is 9.78. The Kier molecular flexibility index (Phi) is 5.18. The summed E-state index contributed by atoms with van der Waals surface area (Å²) in [5, 5.41) is 0. The normalized spacial score (nSPS) is 19.4. The second-order valence-electron chi connectivity index (χ2n) is 7.96. The lowest BCUT2D eigenvalue weighted by Crippen LogP contribution is -2.37. The number of rotatable bonds is 9. The number of nitrogens with two attached hydrogens (primary N) is 1. The summed E-state index contributed by atoms with van der Waals surface area (Å²) in [5.41, 5.74) is 5.11. The number of ketones is 1. The highest BCUT2D eigenvalue weighted by Crippen LogP contribution is 2.45. The lowest BCUT2D eigenvalue weighted by molar-refractivity contribution is -0.153. The third-order valence-electron chi connectivity index (χ3n) is 5.17. The monoisotopic (exact) mass is 384 g/mol. The zero-order valence-corrected chi connectivity index (χ0v) is 15.1. The molecule has 0 aromatic carbocycles. The van der Waals surface area contributed by atoms with Crippen LogP contribution in [-0.2, 0) is 4.79 Å². The third kappa shape index (κ3) is 5.20. The van der Waals surface area contributed by atoms with E-state index < -0.39 is 29.9 Å². The fraction of sp³-hybridized carbons (Fsp3) is 0.632. The van der Waals surface area contributed by atoms with E-state index in [1.165, 1.54) is 12.3 Å². The highest BCUT2D eigenvalue weighted by atomic mass is 19.4. The van der Waals surface area contributed by atoms with Gasteiger partial charge in [-0.3, -0.25) is 14.6 Å². The minimum absolute atomic E-state index is 0.000142. The van der Waals surface area contributed by atoms with Crippen LogP contribution in [-0.4, -0.2) is 29.5 Å². The number of primary amides is 1. The van der Waals surface area contributed by atoms with Crippen LogP contribution >= 0.6 is 0 Å². The zero-order chi connectivity index (χ0) is 19.8. The van der Waals surface area contributed by atoms with Gasteiger partial charge in [0, 0.05) is 24.2 Å². The van der Waals surface area contributed by atoms with Crippen molar-refractivity contribution in [2.75, 3.05) is 6.61 Å². The molecular formula is C19H23F3N2O3. The Labute approximate surface area is 155 Å². The number of hydrogen-bond acceptors (Lipinski definition) is 4. The van der Waals surface area contributed by atoms with Gasteiger partial charge in [-0.05, 0) is 31.1 Å². The molecule has 0 spiro atoms. The Morgan fingerprint density at radius 1 is 1.26 bits per heavy atom. The maximum absolute atomic E-state index is 12.7. The van der Waals surface area contributed by atoms with E-state index in [0.29, 0.717) is 17.9 Å². The van der Waals surface area contributed by atoms with Gasteiger partial charge in [0.25, 0.3) is 0 Å². The molecule has 3 rings (SSSR count). The van der Waals surface area contributed by atoms with Gasteiger partial charge in [0.15, 0.2) is 12.4 Å². The smallest absolute Gasteiger partial charge is 0.422 e. The van der Waals surface area contributed by atoms with Crippen LogP contribution < -0.4 is 10.5 Å². The van der Waals surface area contributed by atoms with Gasteiger partial charge < -0.3 is 10.5 Å². The topological polar surface area (TPSA) is 82.3 Å². The summed E-state index contributed by atoms with van der Waals surface area (Å²) in [5.74, 6) is -0.417. The van der Waals surface area contributed by atoms with E-state index in [2.05, 4.69) is 4.98 Å². The Morgan fingerprint density at radius 3 is 2.44 bits per heavy atom.